The summed E-state index contributed by atoms with van der Waals surface area (Å²) >= 11 is 0. The minimum atomic E-state index is 0.734. The maximum absolute atomic E-state index is 8.32. The molecule has 0 bridgehead atoms. The molecule has 13 heavy (non-hydrogen) atoms. The van der Waals surface area contributed by atoms with Crippen LogP contribution in [0.1, 0.15) is 16.7 Å². The first-order chi connectivity index (χ1) is 6.15. The zero-order valence-corrected chi connectivity index (χ0v) is 7.68. The fraction of sp³-hybridized carbons (Fsp3) is 0.182. The van der Waals surface area contributed by atoms with Crippen LogP contribution < -0.4 is 5.73 Å². The Kier molecular flexibility index (Phi) is 2.57. The van der Waals surface area contributed by atoms with Crippen molar-refractivity contribution in [3.8, 4) is 17.9 Å². The maximum atomic E-state index is 8.32. The Bertz CT molecular complexity index is 405. The molecule has 0 atom stereocenters. The summed E-state index contributed by atoms with van der Waals surface area (Å²) in [6.07, 6.45) is 0. The van der Waals surface area contributed by atoms with E-state index in [2.05, 4.69) is 11.8 Å². The lowest BCUT2D eigenvalue weighted by Gasteiger charge is -2.03. The van der Waals surface area contributed by atoms with Crippen molar-refractivity contribution in [1.29, 1.82) is 5.26 Å². The third kappa shape index (κ3) is 2.01. The van der Waals surface area contributed by atoms with Gasteiger partial charge in [0.1, 0.15) is 0 Å². The molecule has 0 amide bonds. The summed E-state index contributed by atoms with van der Waals surface area (Å²) in [7, 11) is 0. The first-order valence-electron chi connectivity index (χ1n) is 3.92. The summed E-state index contributed by atoms with van der Waals surface area (Å²) < 4.78 is 0. The smallest absolute Gasteiger partial charge is 0.152 e. The lowest BCUT2D eigenvalue weighted by Crippen LogP contribution is -1.92. The number of aryl methyl sites for hydroxylation is 2. The lowest BCUT2D eigenvalue weighted by atomic mass is 10.0. The average Bonchev–Trinajstić information content (AvgIpc) is 2.02. The molecule has 0 radical (unpaired) electrons. The molecule has 0 spiro atoms. The second-order valence-electron chi connectivity index (χ2n) is 2.89. The first-order valence-corrected chi connectivity index (χ1v) is 3.92. The summed E-state index contributed by atoms with van der Waals surface area (Å²) in [4.78, 5) is 0. The van der Waals surface area contributed by atoms with Crippen LogP contribution in [-0.4, -0.2) is 0 Å². The van der Waals surface area contributed by atoms with E-state index in [1.54, 1.807) is 6.07 Å². The van der Waals surface area contributed by atoms with E-state index in [0.717, 1.165) is 22.4 Å². The van der Waals surface area contributed by atoms with Crippen molar-refractivity contribution < 1.29 is 0 Å². The van der Waals surface area contributed by atoms with E-state index in [9.17, 15) is 0 Å². The number of nitrogens with zero attached hydrogens (tertiary/aromatic N) is 1. The molecule has 0 unspecified atom stereocenters. The van der Waals surface area contributed by atoms with Crippen molar-refractivity contribution in [3.05, 3.63) is 28.8 Å². The minimum Gasteiger partial charge on any atom is -0.399 e. The van der Waals surface area contributed by atoms with Crippen molar-refractivity contribution in [2.45, 2.75) is 13.8 Å². The maximum Gasteiger partial charge on any atom is 0.152 e. The van der Waals surface area contributed by atoms with Crippen LogP contribution in [0.4, 0.5) is 5.69 Å². The fourth-order valence-electron chi connectivity index (χ4n) is 1.28. The molecule has 0 aromatic heterocycles. The quantitative estimate of drug-likeness (QED) is 0.476. The molecule has 0 aliphatic carbocycles. The van der Waals surface area contributed by atoms with Crippen molar-refractivity contribution in [3.63, 3.8) is 0 Å². The van der Waals surface area contributed by atoms with E-state index in [1.165, 1.54) is 0 Å². The normalized spacial score (nSPS) is 8.38. The second kappa shape index (κ2) is 3.65. The predicted molar refractivity (Wildman–Crippen MR) is 52.8 cm³/mol. The summed E-state index contributed by atoms with van der Waals surface area (Å²) in [5.41, 5.74) is 9.30. The largest absolute Gasteiger partial charge is 0.399 e. The van der Waals surface area contributed by atoms with Crippen LogP contribution in [0.15, 0.2) is 12.1 Å². The van der Waals surface area contributed by atoms with Gasteiger partial charge in [0.05, 0.1) is 0 Å². The van der Waals surface area contributed by atoms with Crippen LogP contribution in [0.2, 0.25) is 0 Å². The van der Waals surface area contributed by atoms with Gasteiger partial charge >= 0.3 is 0 Å². The van der Waals surface area contributed by atoms with E-state index in [-0.39, 0.29) is 0 Å². The Labute approximate surface area is 78.0 Å². The van der Waals surface area contributed by atoms with Crippen molar-refractivity contribution in [2.75, 3.05) is 5.73 Å². The number of benzene rings is 1. The van der Waals surface area contributed by atoms with E-state index >= 15 is 0 Å². The number of hydrogen-bond donors (Lipinski definition) is 1. The summed E-state index contributed by atoms with van der Waals surface area (Å²) in [5, 5.41) is 8.32. The van der Waals surface area contributed by atoms with E-state index in [0.29, 0.717) is 0 Å². The molecule has 64 valence electrons. The van der Waals surface area contributed by atoms with Gasteiger partial charge in [-0.25, -0.2) is 0 Å². The van der Waals surface area contributed by atoms with Gasteiger partial charge in [0.15, 0.2) is 6.07 Å². The van der Waals surface area contributed by atoms with Gasteiger partial charge in [-0.05, 0) is 37.1 Å². The van der Waals surface area contributed by atoms with Gasteiger partial charge in [0.2, 0.25) is 0 Å². The number of nitrogen functional groups attached to an aromatic ring is 1. The zero-order valence-electron chi connectivity index (χ0n) is 7.68. The number of rotatable bonds is 0. The molecule has 0 fully saturated rings. The monoisotopic (exact) mass is 170 g/mol. The summed E-state index contributed by atoms with van der Waals surface area (Å²) in [6, 6.07) is 5.50. The number of nitrogens with two attached hydrogens (primary N) is 1. The molecule has 0 aliphatic heterocycles. The molecule has 1 aromatic rings. The van der Waals surface area contributed by atoms with Crippen molar-refractivity contribution in [2.24, 2.45) is 0 Å². The molecule has 1 rings (SSSR count). The van der Waals surface area contributed by atoms with E-state index in [4.69, 9.17) is 11.0 Å². The van der Waals surface area contributed by atoms with Crippen LogP contribution in [0.5, 0.6) is 0 Å². The number of anilines is 1. The molecule has 0 aliphatic rings. The Morgan fingerprint density at radius 1 is 1.23 bits per heavy atom. The lowest BCUT2D eigenvalue weighted by molar-refractivity contribution is 1.35. The highest BCUT2D eigenvalue weighted by molar-refractivity contribution is 5.55. The molecule has 1 aromatic carbocycles. The zero-order chi connectivity index (χ0) is 9.84. The minimum absolute atomic E-state index is 0.734. The molecule has 2 N–H and O–H groups in total. The summed E-state index contributed by atoms with van der Waals surface area (Å²) in [6.45, 7) is 3.87. The molecule has 2 nitrogen and oxygen atoms in total. The Morgan fingerprint density at radius 2 is 1.77 bits per heavy atom. The second-order valence-corrected chi connectivity index (χ2v) is 2.89. The highest BCUT2D eigenvalue weighted by Gasteiger charge is 2.00. The van der Waals surface area contributed by atoms with E-state index in [1.807, 2.05) is 26.0 Å². The van der Waals surface area contributed by atoms with Gasteiger partial charge in [-0.3, -0.25) is 0 Å². The van der Waals surface area contributed by atoms with Crippen LogP contribution in [0, 0.1) is 37.0 Å². The van der Waals surface area contributed by atoms with Crippen LogP contribution in [0.3, 0.4) is 0 Å². The van der Waals surface area contributed by atoms with Gasteiger partial charge in [0.25, 0.3) is 0 Å². The molecule has 0 saturated carbocycles. The average molecular weight is 170 g/mol. The highest BCUT2D eigenvalue weighted by atomic mass is 14.5. The van der Waals surface area contributed by atoms with Gasteiger partial charge in [0, 0.05) is 17.2 Å². The molecular weight excluding hydrogens is 160 g/mol. The van der Waals surface area contributed by atoms with Gasteiger partial charge < -0.3 is 5.73 Å². The fourth-order valence-corrected chi connectivity index (χ4v) is 1.28. The first kappa shape index (κ1) is 9.16. The van der Waals surface area contributed by atoms with Gasteiger partial charge in [-0.2, -0.15) is 5.26 Å². The number of hydrogen-bond acceptors (Lipinski definition) is 2. The standard InChI is InChI=1S/C11H10N2/c1-8-6-10(13)7-9(2)11(8)4-3-5-12/h6-7H,13H2,1-2H3. The van der Waals surface area contributed by atoms with Crippen LogP contribution >= 0.6 is 0 Å². The third-order valence-electron chi connectivity index (χ3n) is 1.80. The predicted octanol–water partition coefficient (Wildman–Crippen LogP) is 1.76. The molecule has 2 heteroatoms. The van der Waals surface area contributed by atoms with Crippen molar-refractivity contribution >= 4 is 5.69 Å². The van der Waals surface area contributed by atoms with E-state index < -0.39 is 0 Å². The highest BCUT2D eigenvalue weighted by Crippen LogP contribution is 2.16. The molecular formula is C11H10N2. The van der Waals surface area contributed by atoms with Crippen LogP contribution in [0.25, 0.3) is 0 Å². The topological polar surface area (TPSA) is 49.8 Å². The van der Waals surface area contributed by atoms with Crippen LogP contribution in [-0.2, 0) is 0 Å². The van der Waals surface area contributed by atoms with Gasteiger partial charge in [-0.15, -0.1) is 0 Å². The van der Waals surface area contributed by atoms with Crippen molar-refractivity contribution in [1.82, 2.24) is 0 Å². The Morgan fingerprint density at radius 3 is 2.23 bits per heavy atom. The van der Waals surface area contributed by atoms with Gasteiger partial charge in [-0.1, -0.05) is 5.92 Å². The molecule has 0 heterocycles. The Hall–Kier alpha value is -1.93. The number of nitriles is 1. The Balaban J connectivity index is 3.31. The molecule has 0 saturated heterocycles. The SMILES string of the molecule is Cc1cc(N)cc(C)c1C#CC#N. The summed E-state index contributed by atoms with van der Waals surface area (Å²) in [5.74, 6) is 5.17. The third-order valence-corrected chi connectivity index (χ3v) is 1.80.